The first-order valence-corrected chi connectivity index (χ1v) is 11.2. The van der Waals surface area contributed by atoms with Crippen LogP contribution in [0.15, 0.2) is 60.8 Å². The molecule has 33 heavy (non-hydrogen) atoms. The van der Waals surface area contributed by atoms with Crippen molar-refractivity contribution in [2.45, 2.75) is 25.5 Å². The van der Waals surface area contributed by atoms with E-state index in [0.29, 0.717) is 18.0 Å². The molecule has 0 fully saturated rings. The van der Waals surface area contributed by atoms with Gasteiger partial charge in [-0.15, -0.1) is 0 Å². The van der Waals surface area contributed by atoms with Crippen LogP contribution in [0.25, 0.3) is 22.6 Å². The third-order valence-corrected chi connectivity index (χ3v) is 6.04. The lowest BCUT2D eigenvalue weighted by Crippen LogP contribution is -2.13. The molecule has 0 saturated heterocycles. The molecule has 1 N–H and O–H groups in total. The summed E-state index contributed by atoms with van der Waals surface area (Å²) >= 11 is 5.27. The Morgan fingerprint density at radius 1 is 1.12 bits per heavy atom. The molecule has 2 aromatic carbocycles. The highest BCUT2D eigenvalue weighted by atomic mass is 32.1. The topological polar surface area (TPSA) is 65.0 Å². The van der Waals surface area contributed by atoms with Crippen LogP contribution in [0, 0.1) is 10.6 Å². The monoisotopic (exact) mass is 462 g/mol. The lowest BCUT2D eigenvalue weighted by atomic mass is 10.1. The normalized spacial score (nSPS) is 14.9. The maximum absolute atomic E-state index is 13.5. The molecule has 0 radical (unpaired) electrons. The van der Waals surface area contributed by atoms with Crippen LogP contribution in [0.5, 0.6) is 5.75 Å². The minimum atomic E-state index is -0.278. The number of ether oxygens (including phenoxy) is 2. The Bertz CT molecular complexity index is 1320. The van der Waals surface area contributed by atoms with E-state index in [1.807, 2.05) is 30.3 Å². The fourth-order valence-corrected chi connectivity index (χ4v) is 4.41. The van der Waals surface area contributed by atoms with Crippen LogP contribution in [-0.4, -0.2) is 33.2 Å². The summed E-state index contributed by atoms with van der Waals surface area (Å²) in [5, 5.41) is 0. The van der Waals surface area contributed by atoms with Crippen LogP contribution in [0.2, 0.25) is 0 Å². The summed E-state index contributed by atoms with van der Waals surface area (Å²) in [6.45, 7) is 1.07. The van der Waals surface area contributed by atoms with Gasteiger partial charge in [-0.2, -0.15) is 0 Å². The van der Waals surface area contributed by atoms with E-state index in [1.165, 1.54) is 12.1 Å². The van der Waals surface area contributed by atoms with Gasteiger partial charge < -0.3 is 19.0 Å². The zero-order chi connectivity index (χ0) is 22.8. The minimum Gasteiger partial charge on any atom is -0.497 e. The van der Waals surface area contributed by atoms with Gasteiger partial charge in [0, 0.05) is 18.2 Å². The first-order valence-electron chi connectivity index (χ1n) is 10.8. The average molecular weight is 463 g/mol. The van der Waals surface area contributed by atoms with Crippen molar-refractivity contribution in [3.05, 3.63) is 82.8 Å². The second kappa shape index (κ2) is 9.25. The van der Waals surface area contributed by atoms with E-state index in [1.54, 1.807) is 25.4 Å². The highest BCUT2D eigenvalue weighted by Crippen LogP contribution is 2.39. The molecule has 2 aromatic heterocycles. The SMILES string of the molecule is COc1ccc(COCC2CCc3nc(-c4ccc(F)cc4)c(-c4ccnc(=S)[nH]4)n32)cc1. The maximum Gasteiger partial charge on any atom is 0.197 e. The zero-order valence-corrected chi connectivity index (χ0v) is 18.9. The van der Waals surface area contributed by atoms with Crippen molar-refractivity contribution in [3.63, 3.8) is 0 Å². The molecular formula is C25H23FN4O2S. The van der Waals surface area contributed by atoms with Crippen LogP contribution in [0.4, 0.5) is 4.39 Å². The number of rotatable bonds is 7. The molecule has 3 heterocycles. The van der Waals surface area contributed by atoms with Gasteiger partial charge in [0.15, 0.2) is 4.77 Å². The Kier molecular flexibility index (Phi) is 6.02. The summed E-state index contributed by atoms with van der Waals surface area (Å²) in [6, 6.07) is 16.3. The predicted molar refractivity (Wildman–Crippen MR) is 126 cm³/mol. The van der Waals surface area contributed by atoms with E-state index in [-0.39, 0.29) is 11.9 Å². The van der Waals surface area contributed by atoms with Gasteiger partial charge in [-0.25, -0.2) is 14.4 Å². The molecule has 8 heteroatoms. The lowest BCUT2D eigenvalue weighted by molar-refractivity contribution is 0.0924. The summed E-state index contributed by atoms with van der Waals surface area (Å²) in [7, 11) is 1.65. The van der Waals surface area contributed by atoms with Gasteiger partial charge in [0.2, 0.25) is 0 Å². The molecule has 1 atom stereocenters. The number of benzene rings is 2. The molecule has 0 spiro atoms. The van der Waals surface area contributed by atoms with Gasteiger partial charge in [-0.05, 0) is 66.7 Å². The number of hydrogen-bond acceptors (Lipinski definition) is 5. The molecule has 1 aliphatic heterocycles. The summed E-state index contributed by atoms with van der Waals surface area (Å²) in [6.07, 6.45) is 3.47. The first-order chi connectivity index (χ1) is 16.1. The number of imidazole rings is 1. The average Bonchev–Trinajstić information content (AvgIpc) is 3.40. The number of aromatic nitrogens is 4. The predicted octanol–water partition coefficient (Wildman–Crippen LogP) is 5.52. The fourth-order valence-electron chi connectivity index (χ4n) is 4.24. The number of fused-ring (bicyclic) bond motifs is 1. The number of nitrogens with zero attached hydrogens (tertiary/aromatic N) is 3. The highest BCUT2D eigenvalue weighted by Gasteiger charge is 2.30. The van der Waals surface area contributed by atoms with E-state index in [2.05, 4.69) is 14.5 Å². The van der Waals surface area contributed by atoms with Crippen molar-refractivity contribution in [1.29, 1.82) is 0 Å². The Hall–Kier alpha value is -3.36. The molecule has 0 amide bonds. The van der Waals surface area contributed by atoms with Crippen LogP contribution in [-0.2, 0) is 17.8 Å². The Labute approximate surface area is 196 Å². The quantitative estimate of drug-likeness (QED) is 0.366. The molecule has 1 aliphatic rings. The third kappa shape index (κ3) is 4.44. The van der Waals surface area contributed by atoms with Crippen molar-refractivity contribution >= 4 is 12.2 Å². The molecule has 5 rings (SSSR count). The molecule has 0 aliphatic carbocycles. The van der Waals surface area contributed by atoms with E-state index in [9.17, 15) is 4.39 Å². The third-order valence-electron chi connectivity index (χ3n) is 5.84. The molecule has 6 nitrogen and oxygen atoms in total. The van der Waals surface area contributed by atoms with Gasteiger partial charge in [-0.1, -0.05) is 12.1 Å². The van der Waals surface area contributed by atoms with Crippen LogP contribution in [0.1, 0.15) is 23.9 Å². The second-order valence-electron chi connectivity index (χ2n) is 7.95. The van der Waals surface area contributed by atoms with Crippen LogP contribution >= 0.6 is 12.2 Å². The van der Waals surface area contributed by atoms with Gasteiger partial charge in [-0.3, -0.25) is 0 Å². The second-order valence-corrected chi connectivity index (χ2v) is 8.33. The summed E-state index contributed by atoms with van der Waals surface area (Å²) < 4.78 is 27.5. The van der Waals surface area contributed by atoms with E-state index < -0.39 is 0 Å². The standard InChI is InChI=1S/C25H23FN4O2S/c1-31-20-9-2-16(3-10-20)14-32-15-19-8-11-22-29-23(17-4-6-18(26)7-5-17)24(30(19)22)21-12-13-27-25(33)28-21/h2-7,9-10,12-13,19H,8,11,14-15H2,1H3,(H,27,28,33). The maximum atomic E-state index is 13.5. The largest absolute Gasteiger partial charge is 0.497 e. The Balaban J connectivity index is 1.45. The number of nitrogens with one attached hydrogen (secondary N) is 1. The van der Waals surface area contributed by atoms with Crippen molar-refractivity contribution < 1.29 is 13.9 Å². The lowest BCUT2D eigenvalue weighted by Gasteiger charge is -2.18. The first kappa shape index (κ1) is 21.5. The van der Waals surface area contributed by atoms with Crippen molar-refractivity contribution in [1.82, 2.24) is 19.5 Å². The van der Waals surface area contributed by atoms with Gasteiger partial charge in [0.05, 0.1) is 43.4 Å². The highest BCUT2D eigenvalue weighted by molar-refractivity contribution is 7.71. The van der Waals surface area contributed by atoms with Crippen LogP contribution < -0.4 is 4.74 Å². The van der Waals surface area contributed by atoms with E-state index >= 15 is 0 Å². The number of halogens is 1. The summed E-state index contributed by atoms with van der Waals surface area (Å²) in [5.74, 6) is 1.53. The fraction of sp³-hybridized carbons (Fsp3) is 0.240. The number of aryl methyl sites for hydroxylation is 1. The van der Waals surface area contributed by atoms with Crippen LogP contribution in [0.3, 0.4) is 0 Å². The van der Waals surface area contributed by atoms with Crippen molar-refractivity contribution in [3.8, 4) is 28.4 Å². The van der Waals surface area contributed by atoms with E-state index in [4.69, 9.17) is 26.7 Å². The van der Waals surface area contributed by atoms with Gasteiger partial charge >= 0.3 is 0 Å². The van der Waals surface area contributed by atoms with Crippen molar-refractivity contribution in [2.75, 3.05) is 13.7 Å². The summed E-state index contributed by atoms with van der Waals surface area (Å²) in [5.41, 5.74) is 4.48. The van der Waals surface area contributed by atoms with Gasteiger partial charge in [0.25, 0.3) is 0 Å². The Morgan fingerprint density at radius 2 is 1.91 bits per heavy atom. The van der Waals surface area contributed by atoms with Crippen molar-refractivity contribution in [2.24, 2.45) is 0 Å². The molecule has 1 unspecified atom stereocenters. The number of methoxy groups -OCH3 is 1. The Morgan fingerprint density at radius 3 is 2.64 bits per heavy atom. The molecular weight excluding hydrogens is 439 g/mol. The summed E-state index contributed by atoms with van der Waals surface area (Å²) in [4.78, 5) is 12.2. The molecule has 168 valence electrons. The molecule has 0 saturated carbocycles. The van der Waals surface area contributed by atoms with Gasteiger partial charge in [0.1, 0.15) is 17.4 Å². The minimum absolute atomic E-state index is 0.130. The molecule has 0 bridgehead atoms. The molecule has 4 aromatic rings. The number of H-pyrrole nitrogens is 1. The smallest absolute Gasteiger partial charge is 0.197 e. The number of hydrogen-bond donors (Lipinski definition) is 1. The zero-order valence-electron chi connectivity index (χ0n) is 18.1. The van der Waals surface area contributed by atoms with E-state index in [0.717, 1.165) is 52.6 Å². The number of aromatic amines is 1.